The Labute approximate surface area is 128 Å². The Hall–Kier alpha value is -1.12. The summed E-state index contributed by atoms with van der Waals surface area (Å²) < 4.78 is 25.0. The van der Waals surface area contributed by atoms with Crippen molar-refractivity contribution in [1.29, 1.82) is 0 Å². The van der Waals surface area contributed by atoms with E-state index in [4.69, 9.17) is 16.7 Å². The first-order valence-corrected chi connectivity index (χ1v) is 8.74. The number of aryl methyl sites for hydroxylation is 2. The van der Waals surface area contributed by atoms with E-state index in [1.807, 2.05) is 11.8 Å². The summed E-state index contributed by atoms with van der Waals surface area (Å²) in [5, 5.41) is 13.7. The monoisotopic (exact) mass is 335 g/mol. The van der Waals surface area contributed by atoms with Crippen LogP contribution in [-0.4, -0.2) is 58.3 Å². The number of hydrogen-bond donors (Lipinski definition) is 1. The Bertz CT molecular complexity index is 656. The number of aliphatic carboxylic acids is 1. The van der Waals surface area contributed by atoms with Crippen molar-refractivity contribution in [2.24, 2.45) is 7.05 Å². The standard InChI is InChI=1S/C12H18ClN3O4S/c1-8-10(12(13)15(2)14-8)6-16-3-4-21(19,20)7-9(16)5-11(17)18/h9H,3-7H2,1-2H3,(H,17,18). The molecule has 0 spiro atoms. The lowest BCUT2D eigenvalue weighted by Gasteiger charge is -2.34. The summed E-state index contributed by atoms with van der Waals surface area (Å²) in [5.74, 6) is -1.09. The molecular weight excluding hydrogens is 318 g/mol. The summed E-state index contributed by atoms with van der Waals surface area (Å²) in [7, 11) is -1.45. The van der Waals surface area contributed by atoms with Crippen molar-refractivity contribution in [2.45, 2.75) is 25.9 Å². The molecule has 0 amide bonds. The van der Waals surface area contributed by atoms with Gasteiger partial charge in [-0.25, -0.2) is 8.42 Å². The molecule has 0 aromatic carbocycles. The van der Waals surface area contributed by atoms with E-state index in [1.54, 1.807) is 11.7 Å². The normalized spacial score (nSPS) is 22.3. The van der Waals surface area contributed by atoms with Crippen LogP contribution < -0.4 is 0 Å². The van der Waals surface area contributed by atoms with Crippen LogP contribution in [0.4, 0.5) is 0 Å². The van der Waals surface area contributed by atoms with Crippen LogP contribution >= 0.6 is 11.6 Å². The minimum atomic E-state index is -3.18. The highest BCUT2D eigenvalue weighted by molar-refractivity contribution is 7.91. The van der Waals surface area contributed by atoms with Crippen LogP contribution in [0.2, 0.25) is 5.15 Å². The van der Waals surface area contributed by atoms with Gasteiger partial charge in [0, 0.05) is 31.7 Å². The van der Waals surface area contributed by atoms with Crippen molar-refractivity contribution in [3.63, 3.8) is 0 Å². The van der Waals surface area contributed by atoms with Gasteiger partial charge in [0.1, 0.15) is 5.15 Å². The summed E-state index contributed by atoms with van der Waals surface area (Å²) in [6.45, 7) is 2.55. The van der Waals surface area contributed by atoms with Crippen molar-refractivity contribution in [1.82, 2.24) is 14.7 Å². The van der Waals surface area contributed by atoms with E-state index in [2.05, 4.69) is 5.10 Å². The van der Waals surface area contributed by atoms with Gasteiger partial charge in [-0.1, -0.05) is 11.6 Å². The van der Waals surface area contributed by atoms with Gasteiger partial charge < -0.3 is 5.11 Å². The first kappa shape index (κ1) is 16.3. The Balaban J connectivity index is 2.22. The lowest BCUT2D eigenvalue weighted by molar-refractivity contribution is -0.138. The molecule has 9 heteroatoms. The predicted octanol–water partition coefficient (Wildman–Crippen LogP) is 0.456. The largest absolute Gasteiger partial charge is 0.481 e. The summed E-state index contributed by atoms with van der Waals surface area (Å²) in [6.07, 6.45) is -0.198. The molecule has 0 bridgehead atoms. The van der Waals surface area contributed by atoms with Gasteiger partial charge in [0.2, 0.25) is 0 Å². The van der Waals surface area contributed by atoms with Crippen molar-refractivity contribution in [3.05, 3.63) is 16.4 Å². The van der Waals surface area contributed by atoms with Crippen LogP contribution in [-0.2, 0) is 28.2 Å². The van der Waals surface area contributed by atoms with Gasteiger partial charge in [0.25, 0.3) is 0 Å². The molecule has 1 unspecified atom stereocenters. The van der Waals surface area contributed by atoms with E-state index in [0.717, 1.165) is 11.3 Å². The maximum absolute atomic E-state index is 11.7. The van der Waals surface area contributed by atoms with Crippen LogP contribution in [0.5, 0.6) is 0 Å². The number of aromatic nitrogens is 2. The molecule has 118 valence electrons. The maximum atomic E-state index is 11.7. The van der Waals surface area contributed by atoms with Gasteiger partial charge in [0.05, 0.1) is 23.6 Å². The van der Waals surface area contributed by atoms with Crippen molar-refractivity contribution < 1.29 is 18.3 Å². The first-order valence-electron chi connectivity index (χ1n) is 6.54. The zero-order valence-corrected chi connectivity index (χ0v) is 13.5. The number of rotatable bonds is 4. The summed E-state index contributed by atoms with van der Waals surface area (Å²) in [5.41, 5.74) is 1.58. The topological polar surface area (TPSA) is 92.5 Å². The third kappa shape index (κ3) is 3.75. The molecule has 1 fully saturated rings. The van der Waals surface area contributed by atoms with E-state index in [-0.39, 0.29) is 17.9 Å². The third-order valence-corrected chi connectivity index (χ3v) is 5.86. The molecule has 1 aliphatic heterocycles. The smallest absolute Gasteiger partial charge is 0.304 e. The van der Waals surface area contributed by atoms with E-state index in [0.29, 0.717) is 18.2 Å². The fourth-order valence-electron chi connectivity index (χ4n) is 2.58. The van der Waals surface area contributed by atoms with Crippen LogP contribution in [0.3, 0.4) is 0 Å². The van der Waals surface area contributed by atoms with Gasteiger partial charge in [-0.05, 0) is 6.92 Å². The third-order valence-electron chi connectivity index (χ3n) is 3.69. The maximum Gasteiger partial charge on any atom is 0.304 e. The highest BCUT2D eigenvalue weighted by atomic mass is 35.5. The lowest BCUT2D eigenvalue weighted by atomic mass is 10.1. The first-order chi connectivity index (χ1) is 9.69. The van der Waals surface area contributed by atoms with Gasteiger partial charge in [-0.2, -0.15) is 5.10 Å². The Morgan fingerprint density at radius 2 is 2.19 bits per heavy atom. The van der Waals surface area contributed by atoms with Crippen LogP contribution in [0.25, 0.3) is 0 Å². The van der Waals surface area contributed by atoms with E-state index < -0.39 is 21.8 Å². The van der Waals surface area contributed by atoms with Crippen molar-refractivity contribution in [2.75, 3.05) is 18.1 Å². The highest BCUT2D eigenvalue weighted by Gasteiger charge is 2.33. The summed E-state index contributed by atoms with van der Waals surface area (Å²) >= 11 is 6.18. The second-order valence-electron chi connectivity index (χ2n) is 5.31. The minimum absolute atomic E-state index is 0.0417. The van der Waals surface area contributed by atoms with E-state index in [1.165, 1.54) is 0 Å². The van der Waals surface area contributed by atoms with E-state index >= 15 is 0 Å². The predicted molar refractivity (Wildman–Crippen MR) is 78.1 cm³/mol. The molecule has 21 heavy (non-hydrogen) atoms. The molecule has 1 saturated heterocycles. The number of hydrogen-bond acceptors (Lipinski definition) is 5. The van der Waals surface area contributed by atoms with E-state index in [9.17, 15) is 13.2 Å². The van der Waals surface area contributed by atoms with Gasteiger partial charge in [0.15, 0.2) is 9.84 Å². The molecule has 1 aliphatic rings. The fourth-order valence-corrected chi connectivity index (χ4v) is 4.40. The molecule has 0 radical (unpaired) electrons. The lowest BCUT2D eigenvalue weighted by Crippen LogP contribution is -2.48. The Morgan fingerprint density at radius 1 is 1.52 bits per heavy atom. The number of halogens is 1. The van der Waals surface area contributed by atoms with Crippen LogP contribution in [0.15, 0.2) is 0 Å². The van der Waals surface area contributed by atoms with Gasteiger partial charge in [-0.15, -0.1) is 0 Å². The quantitative estimate of drug-likeness (QED) is 0.859. The molecule has 0 aliphatic carbocycles. The molecule has 1 aromatic rings. The molecule has 1 N–H and O–H groups in total. The van der Waals surface area contributed by atoms with Gasteiger partial charge in [-0.3, -0.25) is 14.4 Å². The number of carbonyl (C=O) groups is 1. The number of carboxylic acids is 1. The average Bonchev–Trinajstić information content (AvgIpc) is 2.57. The molecule has 1 atom stereocenters. The average molecular weight is 336 g/mol. The second kappa shape index (κ2) is 5.94. The molecular formula is C12H18ClN3O4S. The fraction of sp³-hybridized carbons (Fsp3) is 0.667. The SMILES string of the molecule is Cc1nn(C)c(Cl)c1CN1CCS(=O)(=O)CC1CC(=O)O. The summed E-state index contributed by atoms with van der Waals surface area (Å²) in [4.78, 5) is 12.8. The van der Waals surface area contributed by atoms with Gasteiger partial charge >= 0.3 is 5.97 Å². The number of sulfone groups is 1. The van der Waals surface area contributed by atoms with Crippen molar-refractivity contribution >= 4 is 27.4 Å². The molecule has 2 heterocycles. The molecule has 1 aromatic heterocycles. The molecule has 0 saturated carbocycles. The minimum Gasteiger partial charge on any atom is -0.481 e. The van der Waals surface area contributed by atoms with Crippen LogP contribution in [0, 0.1) is 6.92 Å². The second-order valence-corrected chi connectivity index (χ2v) is 7.90. The Kier molecular flexibility index (Phi) is 4.60. The van der Waals surface area contributed by atoms with Crippen molar-refractivity contribution in [3.8, 4) is 0 Å². The zero-order chi connectivity index (χ0) is 15.8. The summed E-state index contributed by atoms with van der Waals surface area (Å²) in [6, 6.07) is -0.531. The number of carboxylic acid groups (broad SMARTS) is 1. The zero-order valence-electron chi connectivity index (χ0n) is 11.9. The number of nitrogens with zero attached hydrogens (tertiary/aromatic N) is 3. The Morgan fingerprint density at radius 3 is 2.71 bits per heavy atom. The molecule has 7 nitrogen and oxygen atoms in total. The van der Waals surface area contributed by atoms with Crippen LogP contribution in [0.1, 0.15) is 17.7 Å². The molecule has 2 rings (SSSR count). The highest BCUT2D eigenvalue weighted by Crippen LogP contribution is 2.24.